The number of hydrogen-bond acceptors (Lipinski definition) is 9. The summed E-state index contributed by atoms with van der Waals surface area (Å²) in [7, 11) is 3.44. The van der Waals surface area contributed by atoms with Gasteiger partial charge in [-0.3, -0.25) is 14.4 Å². The van der Waals surface area contributed by atoms with Gasteiger partial charge in [-0.05, 0) is 75.3 Å². The molecule has 11 nitrogen and oxygen atoms in total. The van der Waals surface area contributed by atoms with Gasteiger partial charge in [-0.25, -0.2) is 8.78 Å². The fourth-order valence-corrected chi connectivity index (χ4v) is 8.92. The first-order valence-corrected chi connectivity index (χ1v) is 17.2. The SMILES string of the molecule is Cc1cc(N)c(F)c2c1CCC[C@@]21Cc2nc(OC[C@@]34CCCN3C[C@H](F)C4)nc(N3CCCn4nc(C(=O)N(C)C)cc4C3)c2CO1. The van der Waals surface area contributed by atoms with Gasteiger partial charge in [0.2, 0.25) is 0 Å². The van der Waals surface area contributed by atoms with Crippen molar-refractivity contribution < 1.29 is 23.0 Å². The number of nitrogens with zero attached hydrogens (tertiary/aromatic N) is 7. The van der Waals surface area contributed by atoms with Gasteiger partial charge in [0.1, 0.15) is 24.2 Å². The van der Waals surface area contributed by atoms with Gasteiger partial charge >= 0.3 is 6.01 Å². The van der Waals surface area contributed by atoms with E-state index < -0.39 is 17.6 Å². The minimum Gasteiger partial charge on any atom is -0.461 e. The number of hydrogen-bond donors (Lipinski definition) is 1. The molecule has 0 bridgehead atoms. The van der Waals surface area contributed by atoms with E-state index in [0.29, 0.717) is 69.1 Å². The van der Waals surface area contributed by atoms with E-state index in [4.69, 9.17) is 25.2 Å². The molecule has 256 valence electrons. The number of benzene rings is 1. The molecule has 8 rings (SSSR count). The molecule has 1 amide bonds. The number of carbonyl (C=O) groups is 1. The molecule has 2 aromatic heterocycles. The lowest BCUT2D eigenvalue weighted by atomic mass is 9.73. The smallest absolute Gasteiger partial charge is 0.318 e. The maximum atomic E-state index is 15.9. The molecule has 0 radical (unpaired) electrons. The van der Waals surface area contributed by atoms with Gasteiger partial charge in [0.15, 0.2) is 11.5 Å². The van der Waals surface area contributed by atoms with Crippen molar-refractivity contribution in [3.05, 3.63) is 57.3 Å². The first-order valence-electron chi connectivity index (χ1n) is 17.2. The molecule has 5 aliphatic rings. The van der Waals surface area contributed by atoms with Gasteiger partial charge in [-0.2, -0.15) is 15.1 Å². The van der Waals surface area contributed by atoms with E-state index in [1.54, 1.807) is 20.2 Å². The average Bonchev–Trinajstić information content (AvgIpc) is 3.68. The summed E-state index contributed by atoms with van der Waals surface area (Å²) >= 11 is 0. The van der Waals surface area contributed by atoms with Crippen molar-refractivity contribution >= 4 is 17.4 Å². The quantitative estimate of drug-likeness (QED) is 0.404. The van der Waals surface area contributed by atoms with Crippen molar-refractivity contribution in [3.8, 4) is 6.01 Å². The Kier molecular flexibility index (Phi) is 7.63. The summed E-state index contributed by atoms with van der Waals surface area (Å²) in [5.74, 6) is 0.154. The number of aromatic nitrogens is 4. The summed E-state index contributed by atoms with van der Waals surface area (Å²) in [5.41, 5.74) is 10.5. The van der Waals surface area contributed by atoms with E-state index in [0.717, 1.165) is 66.7 Å². The molecule has 1 spiro atoms. The summed E-state index contributed by atoms with van der Waals surface area (Å²) in [6.07, 6.45) is 4.90. The van der Waals surface area contributed by atoms with Gasteiger partial charge in [-0.1, -0.05) is 0 Å². The van der Waals surface area contributed by atoms with E-state index in [1.165, 1.54) is 4.90 Å². The second-order valence-corrected chi connectivity index (χ2v) is 14.6. The second kappa shape index (κ2) is 11.6. The molecule has 3 atom stereocenters. The Morgan fingerprint density at radius 2 is 2.00 bits per heavy atom. The predicted octanol–water partition coefficient (Wildman–Crippen LogP) is 4.07. The van der Waals surface area contributed by atoms with E-state index >= 15 is 4.39 Å². The number of fused-ring (bicyclic) bond motifs is 5. The minimum absolute atomic E-state index is 0.130. The van der Waals surface area contributed by atoms with Crippen LogP contribution in [0.4, 0.5) is 20.3 Å². The standard InChI is InChI=1S/C35H44F2N8O3/c1-21-13-26(38)30(37)29-24(21)7-4-9-35(29)16-28-25(19-48-35)31(40-33(39-28)47-20-34-8-5-11-44(34)17-22(36)15-34)43-10-6-12-45-23(18-43)14-27(41-45)32(46)42(2)3/h13-14,22H,4-12,15-20,38H2,1-3H3/t22-,34+,35-/m1/s1. The summed E-state index contributed by atoms with van der Waals surface area (Å²) in [6.45, 7) is 5.65. The van der Waals surface area contributed by atoms with Crippen LogP contribution < -0.4 is 15.4 Å². The lowest BCUT2D eigenvalue weighted by Crippen LogP contribution is -2.44. The Bertz CT molecular complexity index is 1780. The molecule has 48 heavy (non-hydrogen) atoms. The average molecular weight is 663 g/mol. The Morgan fingerprint density at radius 1 is 1.15 bits per heavy atom. The van der Waals surface area contributed by atoms with Gasteiger partial charge in [0.25, 0.3) is 5.91 Å². The van der Waals surface area contributed by atoms with Crippen LogP contribution in [0.2, 0.25) is 0 Å². The molecule has 1 aromatic carbocycles. The summed E-state index contributed by atoms with van der Waals surface area (Å²) < 4.78 is 45.6. The molecular weight excluding hydrogens is 618 g/mol. The molecule has 0 saturated carbocycles. The summed E-state index contributed by atoms with van der Waals surface area (Å²) in [4.78, 5) is 28.7. The summed E-state index contributed by atoms with van der Waals surface area (Å²) in [5, 5.41) is 4.61. The van der Waals surface area contributed by atoms with Crippen LogP contribution in [-0.2, 0) is 42.9 Å². The molecule has 2 N–H and O–H groups in total. The van der Waals surface area contributed by atoms with Crippen LogP contribution >= 0.6 is 0 Å². The Hall–Kier alpha value is -3.84. The third-order valence-electron chi connectivity index (χ3n) is 11.3. The highest BCUT2D eigenvalue weighted by molar-refractivity contribution is 5.92. The Morgan fingerprint density at radius 3 is 2.83 bits per heavy atom. The van der Waals surface area contributed by atoms with E-state index in [1.807, 2.05) is 17.7 Å². The second-order valence-electron chi connectivity index (χ2n) is 14.6. The molecule has 2 saturated heterocycles. The normalized spacial score (nSPS) is 26.5. The van der Waals surface area contributed by atoms with Crippen LogP contribution in [0.15, 0.2) is 12.1 Å². The zero-order valence-electron chi connectivity index (χ0n) is 28.0. The van der Waals surface area contributed by atoms with Crippen molar-refractivity contribution in [2.75, 3.05) is 51.0 Å². The molecule has 6 heterocycles. The van der Waals surface area contributed by atoms with E-state index in [2.05, 4.69) is 14.9 Å². The fraction of sp³-hybridized carbons (Fsp3) is 0.600. The number of rotatable bonds is 5. The van der Waals surface area contributed by atoms with Crippen molar-refractivity contribution in [1.29, 1.82) is 0 Å². The van der Waals surface area contributed by atoms with Crippen molar-refractivity contribution in [3.63, 3.8) is 0 Å². The zero-order chi connectivity index (χ0) is 33.4. The Labute approximate surface area is 279 Å². The van der Waals surface area contributed by atoms with E-state index in [9.17, 15) is 9.18 Å². The molecule has 2 fully saturated rings. The summed E-state index contributed by atoms with van der Waals surface area (Å²) in [6, 6.07) is 3.81. The number of ether oxygens (including phenoxy) is 2. The number of amides is 1. The van der Waals surface area contributed by atoms with Crippen LogP contribution in [-0.4, -0.2) is 87.5 Å². The van der Waals surface area contributed by atoms with Gasteiger partial charge < -0.3 is 25.0 Å². The topological polar surface area (TPSA) is 115 Å². The van der Waals surface area contributed by atoms with Crippen LogP contribution in [0.1, 0.15) is 82.7 Å². The van der Waals surface area contributed by atoms with Crippen LogP contribution in [0.25, 0.3) is 0 Å². The highest BCUT2D eigenvalue weighted by Crippen LogP contribution is 2.49. The largest absolute Gasteiger partial charge is 0.461 e. The minimum atomic E-state index is -0.902. The monoisotopic (exact) mass is 662 g/mol. The van der Waals surface area contributed by atoms with E-state index in [-0.39, 0.29) is 29.8 Å². The number of nitrogen functional groups attached to an aromatic ring is 1. The first kappa shape index (κ1) is 31.4. The molecule has 13 heteroatoms. The number of aryl methyl sites for hydroxylation is 2. The maximum absolute atomic E-state index is 15.9. The fourth-order valence-electron chi connectivity index (χ4n) is 8.92. The van der Waals surface area contributed by atoms with Gasteiger partial charge in [-0.15, -0.1) is 0 Å². The third-order valence-corrected chi connectivity index (χ3v) is 11.3. The lowest BCUT2D eigenvalue weighted by Gasteiger charge is -2.43. The Balaban J connectivity index is 1.18. The molecule has 0 unspecified atom stereocenters. The molecular formula is C35H44F2N8O3. The highest BCUT2D eigenvalue weighted by atomic mass is 19.1. The number of alkyl halides is 1. The van der Waals surface area contributed by atoms with Gasteiger partial charge in [0.05, 0.1) is 35.8 Å². The highest BCUT2D eigenvalue weighted by Gasteiger charge is 2.50. The first-order chi connectivity index (χ1) is 23.1. The van der Waals surface area contributed by atoms with Crippen molar-refractivity contribution in [1.82, 2.24) is 29.5 Å². The molecule has 1 aliphatic carbocycles. The van der Waals surface area contributed by atoms with Crippen LogP contribution in [0.5, 0.6) is 6.01 Å². The number of carbonyl (C=O) groups excluding carboxylic acids is 1. The van der Waals surface area contributed by atoms with Crippen molar-refractivity contribution in [2.24, 2.45) is 0 Å². The zero-order valence-corrected chi connectivity index (χ0v) is 28.0. The molecule has 3 aromatic rings. The molecule has 4 aliphatic heterocycles. The van der Waals surface area contributed by atoms with Crippen LogP contribution in [0.3, 0.4) is 0 Å². The number of nitrogens with two attached hydrogens (primary N) is 1. The number of anilines is 2. The van der Waals surface area contributed by atoms with Crippen molar-refractivity contribution in [2.45, 2.75) is 95.3 Å². The van der Waals surface area contributed by atoms with Crippen LogP contribution in [0, 0.1) is 12.7 Å². The van der Waals surface area contributed by atoms with Gasteiger partial charge in [0, 0.05) is 57.7 Å². The lowest BCUT2D eigenvalue weighted by molar-refractivity contribution is -0.0877. The maximum Gasteiger partial charge on any atom is 0.318 e. The predicted molar refractivity (Wildman–Crippen MR) is 175 cm³/mol. The third kappa shape index (κ3) is 5.12. The number of halogens is 2.